The van der Waals surface area contributed by atoms with E-state index >= 15 is 0 Å². The van der Waals surface area contributed by atoms with Crippen molar-refractivity contribution >= 4 is 24.1 Å². The molecule has 1 saturated heterocycles. The predicted molar refractivity (Wildman–Crippen MR) is 78.3 cm³/mol. The smallest absolute Gasteiger partial charge is 0.319 e. The number of halogens is 1. The van der Waals surface area contributed by atoms with Crippen molar-refractivity contribution in [1.82, 2.24) is 10.6 Å². The Bertz CT molecular complexity index is 391. The number of hydrogen-bond acceptors (Lipinski definition) is 3. The van der Waals surface area contributed by atoms with E-state index in [1.165, 1.54) is 0 Å². The molecule has 1 aliphatic rings. The zero-order valence-electron chi connectivity index (χ0n) is 10.9. The summed E-state index contributed by atoms with van der Waals surface area (Å²) in [6.45, 7) is 1.93. The van der Waals surface area contributed by atoms with E-state index in [2.05, 4.69) is 16.0 Å². The van der Waals surface area contributed by atoms with Gasteiger partial charge in [0.25, 0.3) is 0 Å². The van der Waals surface area contributed by atoms with Gasteiger partial charge in [-0.15, -0.1) is 12.4 Å². The maximum Gasteiger partial charge on any atom is 0.319 e. The molecule has 0 aliphatic carbocycles. The molecular formula is C13H20ClN3O2. The van der Waals surface area contributed by atoms with Gasteiger partial charge in [0.1, 0.15) is 5.75 Å². The highest BCUT2D eigenvalue weighted by atomic mass is 35.5. The highest BCUT2D eigenvalue weighted by molar-refractivity contribution is 5.89. The minimum absolute atomic E-state index is 0. The van der Waals surface area contributed by atoms with E-state index in [9.17, 15) is 4.79 Å². The third-order valence-corrected chi connectivity index (χ3v) is 3.02. The minimum Gasteiger partial charge on any atom is -0.497 e. The lowest BCUT2D eigenvalue weighted by molar-refractivity contribution is 0.245. The molecule has 0 spiro atoms. The summed E-state index contributed by atoms with van der Waals surface area (Å²) in [4.78, 5) is 11.8. The Labute approximate surface area is 119 Å². The second-order valence-electron chi connectivity index (χ2n) is 4.35. The normalized spacial score (nSPS) is 15.2. The number of hydrogen-bond donors (Lipinski definition) is 3. The molecule has 0 saturated carbocycles. The SMILES string of the molecule is COc1ccc(NC(=O)NC2CCNCC2)cc1.Cl. The summed E-state index contributed by atoms with van der Waals surface area (Å²) in [6, 6.07) is 7.40. The van der Waals surface area contributed by atoms with Gasteiger partial charge in [-0.1, -0.05) is 0 Å². The standard InChI is InChI=1S/C13H19N3O2.ClH/c1-18-12-4-2-10(3-5-12)15-13(17)16-11-6-8-14-9-7-11;/h2-5,11,14H,6-9H2,1H3,(H2,15,16,17);1H. The monoisotopic (exact) mass is 285 g/mol. The Morgan fingerprint density at radius 2 is 1.89 bits per heavy atom. The molecule has 19 heavy (non-hydrogen) atoms. The summed E-state index contributed by atoms with van der Waals surface area (Å²) in [7, 11) is 1.62. The van der Waals surface area contributed by atoms with Crippen LogP contribution in [0.15, 0.2) is 24.3 Å². The Morgan fingerprint density at radius 3 is 2.47 bits per heavy atom. The van der Waals surface area contributed by atoms with Crippen molar-refractivity contribution in [3.8, 4) is 5.75 Å². The van der Waals surface area contributed by atoms with Gasteiger partial charge >= 0.3 is 6.03 Å². The molecule has 0 radical (unpaired) electrons. The van der Waals surface area contributed by atoms with E-state index in [0.717, 1.165) is 37.4 Å². The topological polar surface area (TPSA) is 62.4 Å². The third kappa shape index (κ3) is 4.96. The summed E-state index contributed by atoms with van der Waals surface area (Å²) in [5.74, 6) is 0.777. The van der Waals surface area contributed by atoms with Crippen molar-refractivity contribution in [3.05, 3.63) is 24.3 Å². The summed E-state index contributed by atoms with van der Waals surface area (Å²) >= 11 is 0. The first-order chi connectivity index (χ1) is 8.78. The molecule has 0 unspecified atom stereocenters. The van der Waals surface area contributed by atoms with Crippen LogP contribution in [0.1, 0.15) is 12.8 Å². The molecule has 0 aromatic heterocycles. The van der Waals surface area contributed by atoms with Crippen LogP contribution in [0.2, 0.25) is 0 Å². The zero-order chi connectivity index (χ0) is 12.8. The summed E-state index contributed by atoms with van der Waals surface area (Å²) in [5.41, 5.74) is 0.766. The van der Waals surface area contributed by atoms with Crippen molar-refractivity contribution in [1.29, 1.82) is 0 Å². The lowest BCUT2D eigenvalue weighted by Crippen LogP contribution is -2.44. The van der Waals surface area contributed by atoms with Crippen molar-refractivity contribution in [3.63, 3.8) is 0 Å². The van der Waals surface area contributed by atoms with Gasteiger partial charge < -0.3 is 20.7 Å². The average molecular weight is 286 g/mol. The maximum absolute atomic E-state index is 11.8. The van der Waals surface area contributed by atoms with Crippen LogP contribution in [-0.4, -0.2) is 32.3 Å². The molecule has 0 bridgehead atoms. The first-order valence-electron chi connectivity index (χ1n) is 6.20. The van der Waals surface area contributed by atoms with Crippen LogP contribution in [0.3, 0.4) is 0 Å². The number of carbonyl (C=O) groups excluding carboxylic acids is 1. The van der Waals surface area contributed by atoms with Crippen LogP contribution in [0, 0.1) is 0 Å². The number of urea groups is 1. The van der Waals surface area contributed by atoms with Gasteiger partial charge in [0.15, 0.2) is 0 Å². The molecule has 3 N–H and O–H groups in total. The molecule has 2 amide bonds. The molecule has 5 nitrogen and oxygen atoms in total. The number of rotatable bonds is 3. The second kappa shape index (κ2) is 7.86. The van der Waals surface area contributed by atoms with Crippen LogP contribution in [0.4, 0.5) is 10.5 Å². The fraction of sp³-hybridized carbons (Fsp3) is 0.462. The number of ether oxygens (including phenoxy) is 1. The quantitative estimate of drug-likeness (QED) is 0.796. The largest absolute Gasteiger partial charge is 0.497 e. The predicted octanol–water partition coefficient (Wildman–Crippen LogP) is 1.99. The summed E-state index contributed by atoms with van der Waals surface area (Å²) in [6.07, 6.45) is 1.96. The van der Waals surface area contributed by atoms with Crippen molar-refractivity contribution in [2.75, 3.05) is 25.5 Å². The Hall–Kier alpha value is -1.46. The Balaban J connectivity index is 0.00000180. The van der Waals surface area contributed by atoms with Gasteiger partial charge in [-0.3, -0.25) is 0 Å². The van der Waals surface area contributed by atoms with E-state index in [1.54, 1.807) is 7.11 Å². The van der Waals surface area contributed by atoms with Crippen LogP contribution in [0.25, 0.3) is 0 Å². The number of methoxy groups -OCH3 is 1. The van der Waals surface area contributed by atoms with Crippen LogP contribution in [-0.2, 0) is 0 Å². The summed E-state index contributed by atoms with van der Waals surface area (Å²) < 4.78 is 5.06. The molecule has 1 fully saturated rings. The van der Waals surface area contributed by atoms with E-state index < -0.39 is 0 Å². The van der Waals surface area contributed by atoms with Gasteiger partial charge in [0.05, 0.1) is 7.11 Å². The fourth-order valence-electron chi connectivity index (χ4n) is 1.99. The number of anilines is 1. The number of piperidine rings is 1. The molecule has 1 aromatic rings. The Morgan fingerprint density at radius 1 is 1.26 bits per heavy atom. The average Bonchev–Trinajstić information content (AvgIpc) is 2.40. The van der Waals surface area contributed by atoms with Gasteiger partial charge in [-0.25, -0.2) is 4.79 Å². The van der Waals surface area contributed by atoms with Crippen LogP contribution >= 0.6 is 12.4 Å². The lowest BCUT2D eigenvalue weighted by atomic mass is 10.1. The van der Waals surface area contributed by atoms with Crippen molar-refractivity contribution in [2.45, 2.75) is 18.9 Å². The van der Waals surface area contributed by atoms with Gasteiger partial charge in [0, 0.05) is 11.7 Å². The minimum atomic E-state index is -0.146. The van der Waals surface area contributed by atoms with E-state index in [0.29, 0.717) is 0 Å². The van der Waals surface area contributed by atoms with Crippen molar-refractivity contribution < 1.29 is 9.53 Å². The maximum atomic E-state index is 11.8. The molecule has 106 valence electrons. The lowest BCUT2D eigenvalue weighted by Gasteiger charge is -2.23. The number of carbonyl (C=O) groups is 1. The molecule has 1 heterocycles. The van der Waals surface area contributed by atoms with Gasteiger partial charge in [0.2, 0.25) is 0 Å². The fourth-order valence-corrected chi connectivity index (χ4v) is 1.99. The van der Waals surface area contributed by atoms with E-state index in [1.807, 2.05) is 24.3 Å². The number of amides is 2. The van der Waals surface area contributed by atoms with Gasteiger partial charge in [-0.05, 0) is 50.2 Å². The molecule has 1 aromatic carbocycles. The number of nitrogens with one attached hydrogen (secondary N) is 3. The molecule has 2 rings (SSSR count). The molecule has 0 atom stereocenters. The summed E-state index contributed by atoms with van der Waals surface area (Å²) in [5, 5.41) is 9.05. The van der Waals surface area contributed by atoms with E-state index in [4.69, 9.17) is 4.74 Å². The molecule has 6 heteroatoms. The highest BCUT2D eigenvalue weighted by Gasteiger charge is 2.14. The first kappa shape index (κ1) is 15.6. The Kier molecular flexibility index (Phi) is 6.45. The van der Waals surface area contributed by atoms with Crippen LogP contribution < -0.4 is 20.7 Å². The van der Waals surface area contributed by atoms with Crippen molar-refractivity contribution in [2.24, 2.45) is 0 Å². The first-order valence-corrected chi connectivity index (χ1v) is 6.20. The van der Waals surface area contributed by atoms with Crippen LogP contribution in [0.5, 0.6) is 5.75 Å². The third-order valence-electron chi connectivity index (χ3n) is 3.02. The van der Waals surface area contributed by atoms with Gasteiger partial charge in [-0.2, -0.15) is 0 Å². The van der Waals surface area contributed by atoms with E-state index in [-0.39, 0.29) is 24.5 Å². The number of benzene rings is 1. The molecule has 1 aliphatic heterocycles. The molecular weight excluding hydrogens is 266 g/mol. The second-order valence-corrected chi connectivity index (χ2v) is 4.35. The zero-order valence-corrected chi connectivity index (χ0v) is 11.8. The highest BCUT2D eigenvalue weighted by Crippen LogP contribution is 2.14.